The van der Waals surface area contributed by atoms with Crippen LogP contribution in [0.25, 0.3) is 71.8 Å². The second-order valence-corrected chi connectivity index (χ2v) is 19.7. The molecule has 6 aromatic carbocycles. The van der Waals surface area contributed by atoms with E-state index in [9.17, 15) is 0 Å². The Morgan fingerprint density at radius 1 is 0.532 bits per heavy atom. The zero-order valence-corrected chi connectivity index (χ0v) is 35.4. The van der Waals surface area contributed by atoms with Gasteiger partial charge in [0, 0.05) is 38.6 Å². The first-order chi connectivity index (χ1) is 30.4. The first-order valence-corrected chi connectivity index (χ1v) is 22.9. The van der Waals surface area contributed by atoms with Crippen LogP contribution < -0.4 is 0 Å². The Morgan fingerprint density at radius 2 is 1.10 bits per heavy atom. The van der Waals surface area contributed by atoms with Gasteiger partial charge in [-0.25, -0.2) is 15.0 Å². The van der Waals surface area contributed by atoms with Gasteiger partial charge in [-0.1, -0.05) is 159 Å². The molecule has 14 rings (SSSR count). The molecule has 0 aliphatic heterocycles. The zero-order valence-electron chi connectivity index (χ0n) is 35.4. The van der Waals surface area contributed by atoms with Crippen LogP contribution in [0.1, 0.15) is 87.2 Å². The van der Waals surface area contributed by atoms with Crippen molar-refractivity contribution in [3.63, 3.8) is 0 Å². The highest BCUT2D eigenvalue weighted by molar-refractivity contribution is 6.22. The van der Waals surface area contributed by atoms with E-state index in [1.807, 2.05) is 6.07 Å². The summed E-state index contributed by atoms with van der Waals surface area (Å²) in [4.78, 5) is 16.5. The van der Waals surface area contributed by atoms with E-state index in [1.54, 1.807) is 0 Å². The molecule has 6 aliphatic rings. The fourth-order valence-electron chi connectivity index (χ4n) is 13.3. The lowest BCUT2D eigenvalue weighted by Crippen LogP contribution is -2.48. The second-order valence-electron chi connectivity index (χ2n) is 19.7. The van der Waals surface area contributed by atoms with Gasteiger partial charge in [0.05, 0.1) is 0 Å². The van der Waals surface area contributed by atoms with E-state index in [4.69, 9.17) is 19.4 Å². The molecular weight excluding hydrogens is 755 g/mol. The third-order valence-corrected chi connectivity index (χ3v) is 15.7. The van der Waals surface area contributed by atoms with E-state index in [2.05, 4.69) is 159 Å². The fourth-order valence-corrected chi connectivity index (χ4v) is 13.3. The summed E-state index contributed by atoms with van der Waals surface area (Å²) >= 11 is 0. The van der Waals surface area contributed by atoms with Gasteiger partial charge in [-0.2, -0.15) is 0 Å². The first-order valence-electron chi connectivity index (χ1n) is 22.9. The van der Waals surface area contributed by atoms with Crippen LogP contribution in [0.2, 0.25) is 0 Å². The number of aromatic nitrogens is 3. The highest BCUT2D eigenvalue weighted by atomic mass is 16.3. The smallest absolute Gasteiger partial charge is 0.164 e. The van der Waals surface area contributed by atoms with Gasteiger partial charge >= 0.3 is 0 Å². The third-order valence-electron chi connectivity index (χ3n) is 15.7. The molecule has 4 fully saturated rings. The summed E-state index contributed by atoms with van der Waals surface area (Å²) in [7, 11) is 0. The standard InChI is InChI=1S/C58H49N3O/c1-57(2)49-19-8-5-13-42(49)43-27-24-39(31-50(43)57)55-59-54(38-22-25-40(26-23-38)58-32-35-28-36(33-58)30-37(29-35)34-58)60-56(61-55)48-18-11-17-47-45-15-7-10-21-52(45)62-51-20-9-6-14-44(51)41-12-3-4-16-46(41)53(47)48/h3-27,35-37,39H,28-34H2,1-2H3. The summed E-state index contributed by atoms with van der Waals surface area (Å²) in [6.07, 6.45) is 13.9. The molecule has 302 valence electrons. The minimum absolute atomic E-state index is 0.00357. The molecule has 4 bridgehead atoms. The lowest BCUT2D eigenvalue weighted by Gasteiger charge is -2.57. The van der Waals surface area contributed by atoms with E-state index in [1.165, 1.54) is 66.4 Å². The van der Waals surface area contributed by atoms with Crippen molar-refractivity contribution in [1.29, 1.82) is 0 Å². The predicted molar refractivity (Wildman–Crippen MR) is 253 cm³/mol. The van der Waals surface area contributed by atoms with Crippen LogP contribution in [0.4, 0.5) is 0 Å². The molecule has 1 atom stereocenters. The number of benzene rings is 6. The van der Waals surface area contributed by atoms with Crippen molar-refractivity contribution in [1.82, 2.24) is 15.0 Å². The molecule has 4 saturated carbocycles. The van der Waals surface area contributed by atoms with Gasteiger partial charge in [0.15, 0.2) is 11.6 Å². The van der Waals surface area contributed by atoms with Crippen molar-refractivity contribution in [2.45, 2.75) is 75.5 Å². The van der Waals surface area contributed by atoms with Crippen molar-refractivity contribution < 1.29 is 4.42 Å². The van der Waals surface area contributed by atoms with Gasteiger partial charge in [-0.15, -0.1) is 0 Å². The maximum Gasteiger partial charge on any atom is 0.164 e. The van der Waals surface area contributed by atoms with Crippen molar-refractivity contribution in [3.05, 3.63) is 180 Å². The molecule has 4 nitrogen and oxygen atoms in total. The van der Waals surface area contributed by atoms with Crippen LogP contribution >= 0.6 is 0 Å². The summed E-state index contributed by atoms with van der Waals surface area (Å²) in [5, 5.41) is 6.48. The molecule has 2 aromatic heterocycles. The minimum atomic E-state index is -0.0794. The normalized spacial score (nSPS) is 24.2. The lowest BCUT2D eigenvalue weighted by molar-refractivity contribution is -0.00518. The summed E-state index contributed by atoms with van der Waals surface area (Å²) in [6, 6.07) is 50.5. The van der Waals surface area contributed by atoms with Gasteiger partial charge in [0.25, 0.3) is 0 Å². The average molecular weight is 804 g/mol. The summed E-state index contributed by atoms with van der Waals surface area (Å²) in [6.45, 7) is 4.75. The van der Waals surface area contributed by atoms with Crippen molar-refractivity contribution in [2.75, 3.05) is 0 Å². The zero-order chi connectivity index (χ0) is 41.2. The number of nitrogens with zero attached hydrogens (tertiary/aromatic N) is 3. The molecule has 0 spiro atoms. The first kappa shape index (κ1) is 36.3. The monoisotopic (exact) mass is 803 g/mol. The maximum absolute atomic E-state index is 6.80. The summed E-state index contributed by atoms with van der Waals surface area (Å²) in [5.41, 5.74) is 11.0. The summed E-state index contributed by atoms with van der Waals surface area (Å²) in [5.74, 6) is 4.93. The van der Waals surface area contributed by atoms with Gasteiger partial charge in [-0.3, -0.25) is 0 Å². The van der Waals surface area contributed by atoms with E-state index in [-0.39, 0.29) is 11.3 Å². The molecule has 0 N–H and O–H groups in total. The summed E-state index contributed by atoms with van der Waals surface area (Å²) < 4.78 is 6.80. The second kappa shape index (κ2) is 13.6. The van der Waals surface area contributed by atoms with Crippen molar-refractivity contribution in [2.24, 2.45) is 17.8 Å². The predicted octanol–water partition coefficient (Wildman–Crippen LogP) is 14.8. The highest BCUT2D eigenvalue weighted by Crippen LogP contribution is 2.61. The van der Waals surface area contributed by atoms with Crippen LogP contribution in [0.5, 0.6) is 0 Å². The van der Waals surface area contributed by atoms with Crippen LogP contribution in [-0.2, 0) is 10.8 Å². The maximum atomic E-state index is 6.80. The molecule has 62 heavy (non-hydrogen) atoms. The lowest BCUT2D eigenvalue weighted by atomic mass is 9.48. The van der Waals surface area contributed by atoms with Gasteiger partial charge < -0.3 is 4.42 Å². The number of rotatable bonds is 4. The molecule has 0 radical (unpaired) electrons. The van der Waals surface area contributed by atoms with Crippen LogP contribution in [0, 0.1) is 17.8 Å². The Balaban J connectivity index is 1.03. The fraction of sp³-hybridized carbons (Fsp3) is 0.259. The van der Waals surface area contributed by atoms with Crippen molar-refractivity contribution >= 4 is 49.1 Å². The Bertz CT molecular complexity index is 3260. The molecule has 2 heterocycles. The molecule has 0 saturated heterocycles. The van der Waals surface area contributed by atoms with Crippen LogP contribution in [0.3, 0.4) is 0 Å². The van der Waals surface area contributed by atoms with Crippen LogP contribution in [-0.4, -0.2) is 15.0 Å². The van der Waals surface area contributed by atoms with E-state index in [0.29, 0.717) is 11.2 Å². The van der Waals surface area contributed by atoms with E-state index < -0.39 is 0 Å². The molecule has 4 heteroatoms. The number of allylic oxidation sites excluding steroid dienone is 4. The Morgan fingerprint density at radius 3 is 1.82 bits per heavy atom. The minimum Gasteiger partial charge on any atom is -0.456 e. The Labute approximate surface area is 362 Å². The van der Waals surface area contributed by atoms with Gasteiger partial charge in [0.1, 0.15) is 17.0 Å². The highest BCUT2D eigenvalue weighted by Gasteiger charge is 2.51. The Hall–Kier alpha value is -6.39. The van der Waals surface area contributed by atoms with Gasteiger partial charge in [-0.05, 0) is 119 Å². The number of fused-ring (bicyclic) bond motifs is 9. The molecule has 1 unspecified atom stereocenters. The quantitative estimate of drug-likeness (QED) is 0.178. The van der Waals surface area contributed by atoms with Crippen molar-refractivity contribution in [3.8, 4) is 22.8 Å². The molecule has 8 aromatic rings. The topological polar surface area (TPSA) is 51.8 Å². The number of hydrogen-bond acceptors (Lipinski definition) is 4. The van der Waals surface area contributed by atoms with Crippen LogP contribution in [0.15, 0.2) is 162 Å². The molecule has 6 aliphatic carbocycles. The third kappa shape index (κ3) is 5.54. The SMILES string of the molecule is CC1(C)C2=C(C=CC(c3nc(-c4ccc(C56CC7CC(CC(C7)C5)C6)cc4)nc(-c4cccc5c6ccccc6oc6ccccc6c6ccccc6c45)n3)C2)c2ccccc21. The Kier molecular flexibility index (Phi) is 7.93. The molecular formula is C58H49N3O. The molecule has 0 amide bonds. The largest absolute Gasteiger partial charge is 0.456 e. The average Bonchev–Trinajstić information content (AvgIpc) is 3.56. The van der Waals surface area contributed by atoms with E-state index >= 15 is 0 Å². The van der Waals surface area contributed by atoms with E-state index in [0.717, 1.165) is 90.4 Å². The van der Waals surface area contributed by atoms with Gasteiger partial charge in [0.2, 0.25) is 0 Å². The number of para-hydroxylation sites is 2. The number of hydrogen-bond donors (Lipinski definition) is 0.